The number of amides is 1. The number of hydrogen-bond donors (Lipinski definition) is 2. The highest BCUT2D eigenvalue weighted by atomic mass is 19.4. The van der Waals surface area contributed by atoms with Gasteiger partial charge in [0.2, 0.25) is 0 Å². The van der Waals surface area contributed by atoms with Crippen molar-refractivity contribution in [1.82, 2.24) is 4.98 Å². The first-order valence-corrected chi connectivity index (χ1v) is 11.8. The van der Waals surface area contributed by atoms with Crippen LogP contribution in [0.15, 0.2) is 77.8 Å². The zero-order valence-electron chi connectivity index (χ0n) is 20.6. The Kier molecular flexibility index (Phi) is 8.06. The molecule has 0 fully saturated rings. The number of aliphatic imine (C=N–C) groups is 1. The van der Waals surface area contributed by atoms with Gasteiger partial charge in [0.05, 0.1) is 23.3 Å². The maximum Gasteiger partial charge on any atom is 0.416 e. The molecule has 0 aliphatic heterocycles. The van der Waals surface area contributed by atoms with Crippen LogP contribution in [0.3, 0.4) is 0 Å². The Balaban J connectivity index is 1.64. The third-order valence-electron chi connectivity index (χ3n) is 6.00. The van der Waals surface area contributed by atoms with Crippen LogP contribution in [0.5, 0.6) is 5.75 Å². The van der Waals surface area contributed by atoms with E-state index in [4.69, 9.17) is 4.74 Å². The smallest absolute Gasteiger partial charge is 0.416 e. The predicted octanol–water partition coefficient (Wildman–Crippen LogP) is 6.04. The van der Waals surface area contributed by atoms with Crippen molar-refractivity contribution in [1.29, 1.82) is 0 Å². The van der Waals surface area contributed by atoms with Gasteiger partial charge < -0.3 is 14.9 Å². The number of benzene rings is 3. The highest BCUT2D eigenvalue weighted by Gasteiger charge is 2.30. The number of carbonyl (C=O) groups excluding carboxylic acids is 1. The van der Waals surface area contributed by atoms with Gasteiger partial charge in [-0.05, 0) is 65.6 Å². The fourth-order valence-corrected chi connectivity index (χ4v) is 4.11. The van der Waals surface area contributed by atoms with Crippen LogP contribution in [0.25, 0.3) is 22.0 Å². The lowest BCUT2D eigenvalue weighted by Crippen LogP contribution is -2.14. The molecule has 4 aromatic rings. The molecule has 2 N–H and O–H groups in total. The van der Waals surface area contributed by atoms with Gasteiger partial charge in [0.25, 0.3) is 5.91 Å². The molecule has 1 aromatic heterocycles. The van der Waals surface area contributed by atoms with Crippen LogP contribution in [-0.2, 0) is 17.3 Å². The summed E-state index contributed by atoms with van der Waals surface area (Å²) in [5.74, 6) is -2.23. The second-order valence-corrected chi connectivity index (χ2v) is 8.84. The summed E-state index contributed by atoms with van der Waals surface area (Å²) in [6, 6.07) is 16.8. The Morgan fingerprint density at radius 3 is 2.41 bits per heavy atom. The van der Waals surface area contributed by atoms with Crippen LogP contribution in [-0.4, -0.2) is 47.0 Å². The van der Waals surface area contributed by atoms with Gasteiger partial charge in [-0.1, -0.05) is 30.3 Å². The fourth-order valence-electron chi connectivity index (χ4n) is 4.11. The van der Waals surface area contributed by atoms with Crippen LogP contribution in [0.1, 0.15) is 32.0 Å². The normalized spacial score (nSPS) is 12.6. The number of halogens is 3. The zero-order chi connectivity index (χ0) is 28.2. The maximum absolute atomic E-state index is 13.2. The number of carboxylic acid groups (broad SMARTS) is 1. The molecule has 0 saturated heterocycles. The minimum Gasteiger partial charge on any atom is -0.508 e. The van der Waals surface area contributed by atoms with Crippen molar-refractivity contribution in [2.75, 3.05) is 13.7 Å². The maximum atomic E-state index is 13.2. The summed E-state index contributed by atoms with van der Waals surface area (Å²) < 4.78 is 44.7. The average molecular weight is 537 g/mol. The van der Waals surface area contributed by atoms with Crippen LogP contribution in [0.4, 0.5) is 13.2 Å². The highest BCUT2D eigenvalue weighted by Crippen LogP contribution is 2.33. The number of aromatic nitrogens is 1. The van der Waals surface area contributed by atoms with Gasteiger partial charge in [-0.2, -0.15) is 13.2 Å². The van der Waals surface area contributed by atoms with Gasteiger partial charge in [-0.25, -0.2) is 14.8 Å². The number of carbonyl (C=O) groups is 2. The Morgan fingerprint density at radius 1 is 1.03 bits per heavy atom. The average Bonchev–Trinajstić information content (AvgIpc) is 2.91. The van der Waals surface area contributed by atoms with E-state index in [-0.39, 0.29) is 46.0 Å². The van der Waals surface area contributed by atoms with Crippen LogP contribution < -0.4 is 0 Å². The zero-order valence-corrected chi connectivity index (χ0v) is 20.6. The van der Waals surface area contributed by atoms with Crippen molar-refractivity contribution in [2.45, 2.75) is 12.6 Å². The van der Waals surface area contributed by atoms with Crippen LogP contribution >= 0.6 is 0 Å². The number of nitrogens with zero attached hydrogens (tertiary/aromatic N) is 2. The van der Waals surface area contributed by atoms with Crippen LogP contribution in [0, 0.1) is 5.92 Å². The van der Waals surface area contributed by atoms with E-state index < -0.39 is 23.6 Å². The second kappa shape index (κ2) is 11.4. The van der Waals surface area contributed by atoms with Crippen molar-refractivity contribution < 1.29 is 37.7 Å². The minimum absolute atomic E-state index is 0.129. The van der Waals surface area contributed by atoms with Gasteiger partial charge in [0.1, 0.15) is 11.4 Å². The van der Waals surface area contributed by atoms with Crippen LogP contribution in [0.2, 0.25) is 0 Å². The molecule has 0 radical (unpaired) electrons. The molecule has 200 valence electrons. The lowest BCUT2D eigenvalue weighted by atomic mass is 9.98. The summed E-state index contributed by atoms with van der Waals surface area (Å²) in [7, 11) is 1.51. The number of carboxylic acids is 1. The van der Waals surface area contributed by atoms with E-state index in [9.17, 15) is 33.0 Å². The van der Waals surface area contributed by atoms with E-state index in [0.717, 1.165) is 23.8 Å². The number of phenols is 1. The third-order valence-corrected chi connectivity index (χ3v) is 6.00. The molecule has 0 bridgehead atoms. The summed E-state index contributed by atoms with van der Waals surface area (Å²) in [6.45, 7) is 0.265. The Labute approximate surface area is 221 Å². The summed E-state index contributed by atoms with van der Waals surface area (Å²) >= 11 is 0. The van der Waals surface area contributed by atoms with E-state index >= 15 is 0 Å². The molecule has 4 rings (SSSR count). The standard InChI is InChI=1S/C29H23F3N2O5/c1-39-16-18(11-17-5-8-22(35)9-6-17)15-33-27(36)26-14-24(28(37)38)23-13-20(7-10-25(23)34-26)19-3-2-4-21(12-19)29(30,31)32/h2-10,12-15,18,35H,11,16H2,1H3,(H,37,38). The first-order valence-electron chi connectivity index (χ1n) is 11.8. The molecule has 1 amide bonds. The first-order chi connectivity index (χ1) is 18.5. The number of methoxy groups -OCH3 is 1. The first kappa shape index (κ1) is 27.5. The number of hydrogen-bond acceptors (Lipinski definition) is 5. The summed E-state index contributed by atoms with van der Waals surface area (Å²) in [5.41, 5.74) is 0.447. The van der Waals surface area contributed by atoms with Gasteiger partial charge in [-0.3, -0.25) is 4.79 Å². The molecule has 0 spiro atoms. The van der Waals surface area contributed by atoms with E-state index in [2.05, 4.69) is 9.98 Å². The monoisotopic (exact) mass is 536 g/mol. The van der Waals surface area contributed by atoms with E-state index in [1.54, 1.807) is 24.3 Å². The summed E-state index contributed by atoms with van der Waals surface area (Å²) in [6.07, 6.45) is -2.63. The SMILES string of the molecule is COCC(C=NC(=O)c1cc(C(=O)O)c2cc(-c3cccc(C(F)(F)F)c3)ccc2n1)Cc1ccc(O)cc1. The van der Waals surface area contributed by atoms with E-state index in [1.165, 1.54) is 43.7 Å². The van der Waals surface area contributed by atoms with Gasteiger partial charge in [-0.15, -0.1) is 0 Å². The number of phenolic OH excluding ortho intramolecular Hbond substituents is 1. The molecule has 7 nitrogen and oxygen atoms in total. The number of fused-ring (bicyclic) bond motifs is 1. The van der Waals surface area contributed by atoms with Crippen molar-refractivity contribution in [3.05, 3.63) is 95.2 Å². The van der Waals surface area contributed by atoms with E-state index in [0.29, 0.717) is 12.0 Å². The number of ether oxygens (including phenoxy) is 1. The van der Waals surface area contributed by atoms with Crippen molar-refractivity contribution >= 4 is 29.0 Å². The molecule has 39 heavy (non-hydrogen) atoms. The second-order valence-electron chi connectivity index (χ2n) is 8.84. The Morgan fingerprint density at radius 2 is 1.74 bits per heavy atom. The number of rotatable bonds is 8. The van der Waals surface area contributed by atoms with Gasteiger partial charge in [0, 0.05) is 24.6 Å². The minimum atomic E-state index is -4.53. The van der Waals surface area contributed by atoms with Crippen molar-refractivity contribution in [3.63, 3.8) is 0 Å². The molecule has 1 unspecified atom stereocenters. The summed E-state index contributed by atoms with van der Waals surface area (Å²) in [4.78, 5) is 33.1. The Bertz CT molecular complexity index is 1550. The predicted molar refractivity (Wildman–Crippen MR) is 139 cm³/mol. The molecule has 0 aliphatic rings. The Hall–Kier alpha value is -4.57. The van der Waals surface area contributed by atoms with Crippen molar-refractivity contribution in [3.8, 4) is 16.9 Å². The number of pyridine rings is 1. The largest absolute Gasteiger partial charge is 0.508 e. The lowest BCUT2D eigenvalue weighted by Gasteiger charge is -2.12. The number of alkyl halides is 3. The third kappa shape index (κ3) is 6.66. The van der Waals surface area contributed by atoms with Crippen molar-refractivity contribution in [2.24, 2.45) is 10.9 Å². The molecule has 0 saturated carbocycles. The quantitative estimate of drug-likeness (QED) is 0.266. The molecule has 10 heteroatoms. The van der Waals surface area contributed by atoms with Gasteiger partial charge >= 0.3 is 12.1 Å². The summed E-state index contributed by atoms with van der Waals surface area (Å²) in [5, 5.41) is 19.4. The topological polar surface area (TPSA) is 109 Å². The molecule has 0 aliphatic carbocycles. The number of aromatic carboxylic acids is 1. The lowest BCUT2D eigenvalue weighted by molar-refractivity contribution is -0.137. The van der Waals surface area contributed by atoms with Gasteiger partial charge in [0.15, 0.2) is 0 Å². The molecular formula is C29H23F3N2O5. The molecule has 1 atom stereocenters. The van der Waals surface area contributed by atoms with E-state index in [1.807, 2.05) is 0 Å². The molecular weight excluding hydrogens is 513 g/mol. The fraction of sp³-hybridized carbons (Fsp3) is 0.172. The molecule has 3 aromatic carbocycles. The molecule has 1 heterocycles. The highest BCUT2D eigenvalue weighted by molar-refractivity contribution is 6.07. The number of aromatic hydroxyl groups is 1.